The summed E-state index contributed by atoms with van der Waals surface area (Å²) in [5.74, 6) is -0.566. The summed E-state index contributed by atoms with van der Waals surface area (Å²) in [7, 11) is 1.51. The van der Waals surface area contributed by atoms with E-state index in [2.05, 4.69) is 0 Å². The molecule has 0 unspecified atom stereocenters. The average molecular weight is 412 g/mol. The van der Waals surface area contributed by atoms with E-state index in [1.54, 1.807) is 43.3 Å². The lowest BCUT2D eigenvalue weighted by Crippen LogP contribution is -2.27. The molecule has 150 valence electrons. The number of hydrogen-bond acceptors (Lipinski definition) is 7. The second-order valence-corrected chi connectivity index (χ2v) is 7.10. The third kappa shape index (κ3) is 4.60. The number of methoxy groups -OCH3 is 1. The van der Waals surface area contributed by atoms with Crippen molar-refractivity contribution < 1.29 is 29.0 Å². The first-order chi connectivity index (χ1) is 13.9. The lowest BCUT2D eigenvalue weighted by molar-refractivity contribution is -0.255. The molecular weight excluding hydrogens is 394 g/mol. The minimum Gasteiger partial charge on any atom is -0.545 e. The molecule has 0 aliphatic carbocycles. The number of carboxylic acids is 1. The second-order valence-electron chi connectivity index (χ2n) is 6.11. The van der Waals surface area contributed by atoms with Crippen molar-refractivity contribution in [2.45, 2.75) is 13.5 Å². The van der Waals surface area contributed by atoms with Gasteiger partial charge in [0.05, 0.1) is 18.0 Å². The number of ether oxygens (including phenoxy) is 2. The van der Waals surface area contributed by atoms with Gasteiger partial charge in [-0.05, 0) is 53.6 Å². The predicted octanol–water partition coefficient (Wildman–Crippen LogP) is 2.69. The van der Waals surface area contributed by atoms with Crippen LogP contribution in [0.1, 0.15) is 28.4 Å². The maximum Gasteiger partial charge on any atom is 0.293 e. The van der Waals surface area contributed by atoms with Crippen LogP contribution in [0.2, 0.25) is 0 Å². The zero-order valence-corrected chi connectivity index (χ0v) is 16.7. The maximum absolute atomic E-state index is 12.2. The molecule has 0 bridgehead atoms. The Labute approximate surface area is 171 Å². The molecule has 2 aromatic carbocycles. The number of carboxylic acid groups (broad SMARTS) is 1. The van der Waals surface area contributed by atoms with E-state index in [1.807, 2.05) is 0 Å². The normalized spacial score (nSPS) is 15.1. The number of benzene rings is 2. The molecule has 0 atom stereocenters. The van der Waals surface area contributed by atoms with Crippen LogP contribution >= 0.6 is 11.8 Å². The van der Waals surface area contributed by atoms with E-state index < -0.39 is 5.97 Å². The van der Waals surface area contributed by atoms with E-state index >= 15 is 0 Å². The van der Waals surface area contributed by atoms with Crippen LogP contribution in [0.4, 0.5) is 4.79 Å². The number of likely N-dealkylation sites (N-methyl/N-ethyl adjacent to an activating group) is 1. The molecule has 8 heteroatoms. The van der Waals surface area contributed by atoms with Gasteiger partial charge in [0.25, 0.3) is 11.1 Å². The fourth-order valence-corrected chi connectivity index (χ4v) is 3.62. The largest absolute Gasteiger partial charge is 0.545 e. The van der Waals surface area contributed by atoms with Crippen LogP contribution in [0.25, 0.3) is 6.08 Å². The minimum absolute atomic E-state index is 0.100. The van der Waals surface area contributed by atoms with Gasteiger partial charge >= 0.3 is 0 Å². The van der Waals surface area contributed by atoms with Crippen LogP contribution in [0.3, 0.4) is 0 Å². The maximum atomic E-state index is 12.2. The van der Waals surface area contributed by atoms with Crippen LogP contribution in [0.5, 0.6) is 11.5 Å². The van der Waals surface area contributed by atoms with Crippen LogP contribution in [-0.2, 0) is 11.4 Å². The summed E-state index contributed by atoms with van der Waals surface area (Å²) in [6.07, 6.45) is 1.64. The van der Waals surface area contributed by atoms with Gasteiger partial charge < -0.3 is 19.4 Å². The first-order valence-electron chi connectivity index (χ1n) is 8.79. The summed E-state index contributed by atoms with van der Waals surface area (Å²) in [5, 5.41) is 10.5. The Bertz CT molecular complexity index is 983. The first-order valence-corrected chi connectivity index (χ1v) is 9.61. The van der Waals surface area contributed by atoms with E-state index in [4.69, 9.17) is 9.47 Å². The first kappa shape index (κ1) is 20.5. The summed E-state index contributed by atoms with van der Waals surface area (Å²) in [4.78, 5) is 36.4. The number of thioether (sulfide) groups is 1. The van der Waals surface area contributed by atoms with E-state index in [1.165, 1.54) is 24.1 Å². The molecule has 1 saturated heterocycles. The molecule has 1 heterocycles. The van der Waals surface area contributed by atoms with Crippen LogP contribution in [-0.4, -0.2) is 35.7 Å². The molecule has 0 spiro atoms. The third-order valence-corrected chi connectivity index (χ3v) is 5.17. The van der Waals surface area contributed by atoms with E-state index in [-0.39, 0.29) is 23.3 Å². The van der Waals surface area contributed by atoms with Gasteiger partial charge in [0, 0.05) is 6.54 Å². The van der Waals surface area contributed by atoms with Crippen molar-refractivity contribution in [3.8, 4) is 11.5 Å². The SMILES string of the molecule is CCN1C(=O)S/C(=C\c2ccc(OCc3ccc(C(=O)[O-])cc3)c(OC)c2)C1=O. The fraction of sp³-hybridized carbons (Fsp3) is 0.190. The van der Waals surface area contributed by atoms with Crippen molar-refractivity contribution in [3.05, 3.63) is 64.1 Å². The smallest absolute Gasteiger partial charge is 0.293 e. The molecule has 0 saturated carbocycles. The second kappa shape index (κ2) is 8.83. The highest BCUT2D eigenvalue weighted by Crippen LogP contribution is 2.34. The molecule has 1 fully saturated rings. The Morgan fingerprint density at radius 3 is 2.45 bits per heavy atom. The van der Waals surface area contributed by atoms with Crippen molar-refractivity contribution in [1.82, 2.24) is 4.90 Å². The van der Waals surface area contributed by atoms with Gasteiger partial charge in [-0.3, -0.25) is 14.5 Å². The van der Waals surface area contributed by atoms with Gasteiger partial charge in [-0.15, -0.1) is 0 Å². The fourth-order valence-electron chi connectivity index (χ4n) is 2.72. The highest BCUT2D eigenvalue weighted by molar-refractivity contribution is 8.18. The molecule has 0 radical (unpaired) electrons. The highest BCUT2D eigenvalue weighted by atomic mass is 32.2. The molecule has 1 aliphatic rings. The van der Waals surface area contributed by atoms with Gasteiger partial charge in [-0.25, -0.2) is 0 Å². The highest BCUT2D eigenvalue weighted by Gasteiger charge is 2.33. The molecule has 29 heavy (non-hydrogen) atoms. The van der Waals surface area contributed by atoms with Crippen LogP contribution < -0.4 is 14.6 Å². The van der Waals surface area contributed by atoms with Crippen molar-refractivity contribution >= 4 is 35.0 Å². The average Bonchev–Trinajstić information content (AvgIpc) is 2.99. The Morgan fingerprint density at radius 1 is 1.14 bits per heavy atom. The standard InChI is InChI=1S/C21H19NO6S/c1-3-22-19(23)18(29-21(22)26)11-14-6-9-16(17(10-14)27-2)28-12-13-4-7-15(8-5-13)20(24)25/h4-11H,3,12H2,1-2H3,(H,24,25)/p-1/b18-11-. The van der Waals surface area contributed by atoms with Gasteiger partial charge in [-0.1, -0.05) is 30.3 Å². The Balaban J connectivity index is 1.74. The molecule has 7 nitrogen and oxygen atoms in total. The number of rotatable bonds is 7. The number of nitrogens with zero attached hydrogens (tertiary/aromatic N) is 1. The Morgan fingerprint density at radius 2 is 1.86 bits per heavy atom. The van der Waals surface area contributed by atoms with Crippen LogP contribution in [0.15, 0.2) is 47.4 Å². The molecule has 0 aromatic heterocycles. The molecule has 2 amide bonds. The summed E-state index contributed by atoms with van der Waals surface area (Å²) in [5.41, 5.74) is 1.59. The van der Waals surface area contributed by atoms with Gasteiger partial charge in [-0.2, -0.15) is 0 Å². The minimum atomic E-state index is -1.23. The van der Waals surface area contributed by atoms with Crippen LogP contribution in [0, 0.1) is 0 Å². The van der Waals surface area contributed by atoms with Gasteiger partial charge in [0.2, 0.25) is 0 Å². The van der Waals surface area contributed by atoms with Crippen molar-refractivity contribution in [1.29, 1.82) is 0 Å². The molecule has 2 aromatic rings. The van der Waals surface area contributed by atoms with Crippen molar-refractivity contribution in [2.24, 2.45) is 0 Å². The quantitative estimate of drug-likeness (QED) is 0.645. The number of hydrogen-bond donors (Lipinski definition) is 0. The summed E-state index contributed by atoms with van der Waals surface area (Å²) >= 11 is 0.910. The molecule has 3 rings (SSSR count). The number of carbonyl (C=O) groups excluding carboxylic acids is 3. The molecule has 1 aliphatic heterocycles. The summed E-state index contributed by atoms with van der Waals surface area (Å²) in [6, 6.07) is 11.4. The number of amides is 2. The van der Waals surface area contributed by atoms with E-state index in [0.29, 0.717) is 28.5 Å². The lowest BCUT2D eigenvalue weighted by atomic mass is 10.1. The lowest BCUT2D eigenvalue weighted by Gasteiger charge is -2.12. The number of aromatic carboxylic acids is 1. The third-order valence-electron chi connectivity index (χ3n) is 4.26. The Hall–Kier alpha value is -3.26. The van der Waals surface area contributed by atoms with Gasteiger partial charge in [0.15, 0.2) is 11.5 Å². The predicted molar refractivity (Wildman–Crippen MR) is 106 cm³/mol. The monoisotopic (exact) mass is 412 g/mol. The topological polar surface area (TPSA) is 96.0 Å². The van der Waals surface area contributed by atoms with E-state index in [9.17, 15) is 19.5 Å². The Kier molecular flexibility index (Phi) is 6.23. The molecular formula is C21H18NO6S-. The van der Waals surface area contributed by atoms with Gasteiger partial charge in [0.1, 0.15) is 6.61 Å². The van der Waals surface area contributed by atoms with Crippen molar-refractivity contribution in [2.75, 3.05) is 13.7 Å². The summed E-state index contributed by atoms with van der Waals surface area (Å²) < 4.78 is 11.1. The van der Waals surface area contributed by atoms with E-state index in [0.717, 1.165) is 17.3 Å². The summed E-state index contributed by atoms with van der Waals surface area (Å²) in [6.45, 7) is 2.31. The molecule has 0 N–H and O–H groups in total. The van der Waals surface area contributed by atoms with Crippen molar-refractivity contribution in [3.63, 3.8) is 0 Å². The zero-order chi connectivity index (χ0) is 21.0. The zero-order valence-electron chi connectivity index (χ0n) is 15.8. The number of imide groups is 1. The number of carbonyl (C=O) groups is 3.